The molecule has 0 saturated carbocycles. The van der Waals surface area contributed by atoms with Gasteiger partial charge in [-0.05, 0) is 36.2 Å². The lowest BCUT2D eigenvalue weighted by Crippen LogP contribution is -2.29. The first kappa shape index (κ1) is 20.7. The Bertz CT molecular complexity index is 1440. The first-order valence-electron chi connectivity index (χ1n) is 11.0. The largest absolute Gasteiger partial charge is 0.459 e. The Morgan fingerprint density at radius 1 is 0.970 bits per heavy atom. The first-order valence-corrected chi connectivity index (χ1v) is 11.0. The second kappa shape index (κ2) is 9.12. The van der Waals surface area contributed by atoms with Crippen LogP contribution in [0.25, 0.3) is 21.9 Å². The Kier molecular flexibility index (Phi) is 5.72. The monoisotopic (exact) mass is 437 g/mol. The molecule has 2 heterocycles. The van der Waals surface area contributed by atoms with Crippen LogP contribution in [0, 0.1) is 0 Å². The number of hydrogen-bond acceptors (Lipinski definition) is 4. The van der Waals surface area contributed by atoms with Crippen molar-refractivity contribution in [2.45, 2.75) is 25.3 Å². The lowest BCUT2D eigenvalue weighted by Gasteiger charge is -2.17. The summed E-state index contributed by atoms with van der Waals surface area (Å²) in [6.07, 6.45) is 1.38. The van der Waals surface area contributed by atoms with Crippen LogP contribution >= 0.6 is 0 Å². The van der Waals surface area contributed by atoms with Crippen LogP contribution in [0.1, 0.15) is 36.0 Å². The number of carbonyl (C=O) groups excluding carboxylic acids is 1. The fourth-order valence-corrected chi connectivity index (χ4v) is 4.01. The topological polar surface area (TPSA) is 88.0 Å². The molecule has 6 heteroatoms. The molecule has 0 aliphatic carbocycles. The number of nitrogens with zero attached hydrogens (tertiary/aromatic N) is 1. The molecule has 164 valence electrons. The van der Waals surface area contributed by atoms with E-state index in [4.69, 9.17) is 4.42 Å². The summed E-state index contributed by atoms with van der Waals surface area (Å²) in [5, 5.41) is 4.67. The highest BCUT2D eigenvalue weighted by atomic mass is 16.3. The van der Waals surface area contributed by atoms with Crippen LogP contribution in [0.15, 0.2) is 94.1 Å². The van der Waals surface area contributed by atoms with E-state index in [0.717, 1.165) is 16.5 Å². The summed E-state index contributed by atoms with van der Waals surface area (Å²) in [5.74, 6) is 1.19. The number of hydrogen-bond donors (Lipinski definition) is 2. The van der Waals surface area contributed by atoms with Gasteiger partial charge in [0, 0.05) is 18.2 Å². The molecule has 5 rings (SSSR count). The highest BCUT2D eigenvalue weighted by Gasteiger charge is 2.20. The summed E-state index contributed by atoms with van der Waals surface area (Å²) in [7, 11) is 0. The average Bonchev–Trinajstić information content (AvgIpc) is 3.27. The standard InChI is InChI=1S/C27H23N3O3/c31-25(16-8-15-24-28-21-13-6-5-12-20(21)27(32)29-24)30-26(18-9-2-1-3-10-18)23-17-19-11-4-7-14-22(19)33-23/h1-7,9-14,17,26H,8,15-16H2,(H,30,31)(H,28,29,32)/t26-/m1/s1. The van der Waals surface area contributed by atoms with E-state index in [1.165, 1.54) is 0 Å². The van der Waals surface area contributed by atoms with Crippen LogP contribution in [0.3, 0.4) is 0 Å². The van der Waals surface area contributed by atoms with Crippen molar-refractivity contribution in [1.29, 1.82) is 0 Å². The summed E-state index contributed by atoms with van der Waals surface area (Å²) < 4.78 is 6.05. The maximum atomic E-state index is 12.8. The van der Waals surface area contributed by atoms with Crippen LogP contribution < -0.4 is 10.9 Å². The highest BCUT2D eigenvalue weighted by Crippen LogP contribution is 2.28. The third kappa shape index (κ3) is 4.55. The number of aryl methyl sites for hydroxylation is 1. The van der Waals surface area contributed by atoms with Crippen LogP contribution in [-0.2, 0) is 11.2 Å². The van der Waals surface area contributed by atoms with E-state index in [1.807, 2.05) is 78.9 Å². The normalized spacial score (nSPS) is 12.1. The quantitative estimate of drug-likeness (QED) is 0.379. The number of amides is 1. The molecule has 0 bridgehead atoms. The molecule has 0 unspecified atom stereocenters. The molecule has 3 aromatic carbocycles. The summed E-state index contributed by atoms with van der Waals surface area (Å²) in [4.78, 5) is 32.4. The molecule has 0 radical (unpaired) electrons. The molecule has 1 atom stereocenters. The number of para-hydroxylation sites is 2. The predicted molar refractivity (Wildman–Crippen MR) is 128 cm³/mol. The van der Waals surface area contributed by atoms with Gasteiger partial charge >= 0.3 is 0 Å². The molecule has 0 fully saturated rings. The number of aromatic nitrogens is 2. The number of H-pyrrole nitrogens is 1. The van der Waals surface area contributed by atoms with E-state index in [1.54, 1.807) is 6.07 Å². The van der Waals surface area contributed by atoms with Gasteiger partial charge in [0.25, 0.3) is 5.56 Å². The Morgan fingerprint density at radius 3 is 2.58 bits per heavy atom. The fraction of sp³-hybridized carbons (Fsp3) is 0.148. The van der Waals surface area contributed by atoms with Gasteiger partial charge in [-0.2, -0.15) is 0 Å². The number of aromatic amines is 1. The maximum Gasteiger partial charge on any atom is 0.258 e. The number of fused-ring (bicyclic) bond motifs is 2. The van der Waals surface area contributed by atoms with Gasteiger partial charge in [0.1, 0.15) is 23.2 Å². The lowest BCUT2D eigenvalue weighted by atomic mass is 10.0. The van der Waals surface area contributed by atoms with E-state index < -0.39 is 0 Å². The van der Waals surface area contributed by atoms with Crippen LogP contribution in [0.2, 0.25) is 0 Å². The zero-order chi connectivity index (χ0) is 22.6. The van der Waals surface area contributed by atoms with Gasteiger partial charge in [-0.3, -0.25) is 9.59 Å². The third-order valence-corrected chi connectivity index (χ3v) is 5.65. The van der Waals surface area contributed by atoms with Gasteiger partial charge in [-0.25, -0.2) is 4.98 Å². The summed E-state index contributed by atoms with van der Waals surface area (Å²) in [6, 6.07) is 26.4. The molecule has 0 spiro atoms. The van der Waals surface area contributed by atoms with Gasteiger partial charge in [0.05, 0.1) is 10.9 Å². The summed E-state index contributed by atoms with van der Waals surface area (Å²) >= 11 is 0. The fourth-order valence-electron chi connectivity index (χ4n) is 4.01. The number of carbonyl (C=O) groups is 1. The minimum absolute atomic E-state index is 0.0903. The van der Waals surface area contributed by atoms with E-state index in [9.17, 15) is 9.59 Å². The van der Waals surface area contributed by atoms with Crippen LogP contribution in [0.5, 0.6) is 0 Å². The third-order valence-electron chi connectivity index (χ3n) is 5.65. The van der Waals surface area contributed by atoms with Crippen molar-refractivity contribution in [3.05, 3.63) is 112 Å². The van der Waals surface area contributed by atoms with Crippen molar-refractivity contribution in [3.8, 4) is 0 Å². The highest BCUT2D eigenvalue weighted by molar-refractivity contribution is 5.80. The number of nitrogens with one attached hydrogen (secondary N) is 2. The van der Waals surface area contributed by atoms with E-state index >= 15 is 0 Å². The van der Waals surface area contributed by atoms with Gasteiger partial charge < -0.3 is 14.7 Å². The smallest absolute Gasteiger partial charge is 0.258 e. The van der Waals surface area contributed by atoms with Crippen molar-refractivity contribution in [1.82, 2.24) is 15.3 Å². The maximum absolute atomic E-state index is 12.8. The Morgan fingerprint density at radius 2 is 1.73 bits per heavy atom. The predicted octanol–water partition coefficient (Wildman–Crippen LogP) is 4.90. The zero-order valence-electron chi connectivity index (χ0n) is 18.0. The van der Waals surface area contributed by atoms with Gasteiger partial charge in [-0.1, -0.05) is 60.7 Å². The molecule has 2 aromatic heterocycles. The van der Waals surface area contributed by atoms with Gasteiger partial charge in [0.15, 0.2) is 0 Å². The molecular weight excluding hydrogens is 414 g/mol. The van der Waals surface area contributed by atoms with Crippen LogP contribution in [0.4, 0.5) is 0 Å². The second-order valence-electron chi connectivity index (χ2n) is 7.98. The van der Waals surface area contributed by atoms with Crippen molar-refractivity contribution >= 4 is 27.8 Å². The van der Waals surface area contributed by atoms with E-state index in [0.29, 0.717) is 41.8 Å². The molecule has 33 heavy (non-hydrogen) atoms. The first-order chi connectivity index (χ1) is 16.2. The second-order valence-corrected chi connectivity index (χ2v) is 7.98. The SMILES string of the molecule is O=C(CCCc1nc2ccccc2c(=O)[nH]1)N[C@H](c1ccccc1)c1cc2ccccc2o1. The molecule has 0 aliphatic rings. The molecule has 6 nitrogen and oxygen atoms in total. The molecule has 0 saturated heterocycles. The molecular formula is C27H23N3O3. The van der Waals surface area contributed by atoms with E-state index in [2.05, 4.69) is 15.3 Å². The molecule has 0 aliphatic heterocycles. The minimum Gasteiger partial charge on any atom is -0.459 e. The lowest BCUT2D eigenvalue weighted by molar-refractivity contribution is -0.121. The summed E-state index contributed by atoms with van der Waals surface area (Å²) in [6.45, 7) is 0. The zero-order valence-corrected chi connectivity index (χ0v) is 18.0. The van der Waals surface area contributed by atoms with Crippen molar-refractivity contribution in [3.63, 3.8) is 0 Å². The Balaban J connectivity index is 1.29. The van der Waals surface area contributed by atoms with Crippen molar-refractivity contribution in [2.75, 3.05) is 0 Å². The number of furan rings is 1. The number of rotatable bonds is 7. The van der Waals surface area contributed by atoms with Gasteiger partial charge in [0.2, 0.25) is 5.91 Å². The van der Waals surface area contributed by atoms with E-state index in [-0.39, 0.29) is 17.5 Å². The molecule has 1 amide bonds. The summed E-state index contributed by atoms with van der Waals surface area (Å²) in [5.41, 5.74) is 2.24. The Hall–Kier alpha value is -4.19. The Labute approximate surface area is 190 Å². The van der Waals surface area contributed by atoms with Crippen molar-refractivity contribution in [2.24, 2.45) is 0 Å². The average molecular weight is 437 g/mol. The molecule has 5 aromatic rings. The number of benzene rings is 3. The van der Waals surface area contributed by atoms with Gasteiger partial charge in [-0.15, -0.1) is 0 Å². The minimum atomic E-state index is -0.385. The van der Waals surface area contributed by atoms with Crippen molar-refractivity contribution < 1.29 is 9.21 Å². The molecule has 2 N–H and O–H groups in total. The van der Waals surface area contributed by atoms with Crippen LogP contribution in [-0.4, -0.2) is 15.9 Å².